The van der Waals surface area contributed by atoms with Crippen molar-refractivity contribution >= 4 is 35.2 Å². The van der Waals surface area contributed by atoms with Gasteiger partial charge in [-0.3, -0.25) is 9.09 Å². The van der Waals surface area contributed by atoms with Gasteiger partial charge in [0.05, 0.1) is 6.61 Å². The van der Waals surface area contributed by atoms with Gasteiger partial charge in [0.1, 0.15) is 18.3 Å². The number of aromatic nitrogens is 2. The molecule has 2 rings (SSSR count). The number of nitrogens with zero attached hydrogens (tertiary/aromatic N) is 3. The molecule has 1 aromatic heterocycles. The Morgan fingerprint density at radius 2 is 1.81 bits per heavy atom. The first-order valence-corrected chi connectivity index (χ1v) is 12.3. The molecule has 0 amide bonds. The van der Waals surface area contributed by atoms with Crippen molar-refractivity contribution in [3.05, 3.63) is 29.3 Å². The van der Waals surface area contributed by atoms with Crippen molar-refractivity contribution in [2.24, 2.45) is 4.99 Å². The standard InChI is InChI=1S/C11H16N3O14P3/c1-2-12-7-3-4-14(11(17)13-7)10-9(16)8(15)6(26-10)5-25-30(21,22)28-31(23,24)27-29(18,19)20/h3-4,6,8-10,15-16H,1,5H2,(H,21,22)(H,23,24)(H2,18,19,20)/t6-,8-,9-,10-/m1/s1. The average Bonchev–Trinajstić information content (AvgIpc) is 2.86. The highest BCUT2D eigenvalue weighted by atomic mass is 31.3. The number of phosphoric acid groups is 3. The third-order valence-electron chi connectivity index (χ3n) is 3.44. The van der Waals surface area contributed by atoms with Crippen LogP contribution in [-0.4, -0.2) is 70.1 Å². The van der Waals surface area contributed by atoms with Crippen LogP contribution < -0.4 is 5.69 Å². The lowest BCUT2D eigenvalue weighted by atomic mass is 10.1. The molecule has 6 atom stereocenters. The largest absolute Gasteiger partial charge is 0.490 e. The zero-order chi connectivity index (χ0) is 23.6. The van der Waals surface area contributed by atoms with Crippen LogP contribution in [0.5, 0.6) is 0 Å². The zero-order valence-electron chi connectivity index (χ0n) is 15.0. The number of rotatable bonds is 9. The molecule has 0 radical (unpaired) electrons. The number of aliphatic hydroxyl groups excluding tert-OH is 2. The zero-order valence-corrected chi connectivity index (χ0v) is 17.7. The molecule has 1 fully saturated rings. The van der Waals surface area contributed by atoms with Crippen LogP contribution in [0.25, 0.3) is 0 Å². The van der Waals surface area contributed by atoms with Crippen LogP contribution in [0.3, 0.4) is 0 Å². The molecule has 1 saturated heterocycles. The molecular weight excluding hydrogens is 491 g/mol. The van der Waals surface area contributed by atoms with E-state index in [1.54, 1.807) is 0 Å². The van der Waals surface area contributed by atoms with Crippen LogP contribution in [0.1, 0.15) is 6.23 Å². The second kappa shape index (κ2) is 9.63. The van der Waals surface area contributed by atoms with Crippen LogP contribution >= 0.6 is 23.5 Å². The fourth-order valence-corrected chi connectivity index (χ4v) is 5.34. The van der Waals surface area contributed by atoms with E-state index in [2.05, 4.69) is 35.6 Å². The summed E-state index contributed by atoms with van der Waals surface area (Å²) in [6, 6.07) is 1.24. The van der Waals surface area contributed by atoms with Crippen molar-refractivity contribution in [1.82, 2.24) is 9.55 Å². The highest BCUT2D eigenvalue weighted by Gasteiger charge is 2.46. The SMILES string of the molecule is C=C=Nc1ccn([C@@H]2O[C@H](COP(=O)(O)OP(=O)(O)OP(=O)(O)O)[C@@H](O)[C@H]2O)c(=O)n1. The van der Waals surface area contributed by atoms with Crippen LogP contribution in [0.15, 0.2) is 28.6 Å². The molecule has 1 aliphatic rings. The van der Waals surface area contributed by atoms with Crippen molar-refractivity contribution < 1.29 is 61.4 Å². The summed E-state index contributed by atoms with van der Waals surface area (Å²) in [4.78, 5) is 54.6. The van der Waals surface area contributed by atoms with Gasteiger partial charge in [0, 0.05) is 12.3 Å². The van der Waals surface area contributed by atoms with Gasteiger partial charge in [-0.15, -0.1) is 0 Å². The molecule has 0 aliphatic carbocycles. The second-order valence-electron chi connectivity index (χ2n) is 5.68. The minimum atomic E-state index is -5.73. The highest BCUT2D eigenvalue weighted by Crippen LogP contribution is 2.66. The van der Waals surface area contributed by atoms with E-state index in [1.807, 2.05) is 0 Å². The number of hydrogen-bond acceptors (Lipinski definition) is 12. The highest BCUT2D eigenvalue weighted by molar-refractivity contribution is 7.66. The monoisotopic (exact) mass is 507 g/mol. The Bertz CT molecular complexity index is 1060. The van der Waals surface area contributed by atoms with Crippen LogP contribution in [-0.2, 0) is 31.6 Å². The summed E-state index contributed by atoms with van der Waals surface area (Å²) in [6.45, 7) is 2.18. The Labute approximate surface area is 172 Å². The maximum Gasteiger partial charge on any atom is 0.490 e. The van der Waals surface area contributed by atoms with Gasteiger partial charge in [0.2, 0.25) is 0 Å². The molecule has 17 nitrogen and oxygen atoms in total. The lowest BCUT2D eigenvalue weighted by Gasteiger charge is -2.19. The third kappa shape index (κ3) is 7.32. The van der Waals surface area contributed by atoms with Crippen molar-refractivity contribution in [1.29, 1.82) is 0 Å². The molecule has 1 aromatic rings. The summed E-state index contributed by atoms with van der Waals surface area (Å²) in [7, 11) is -16.8. The van der Waals surface area contributed by atoms with E-state index >= 15 is 0 Å². The normalized spacial score (nSPS) is 27.8. The maximum atomic E-state index is 12.0. The van der Waals surface area contributed by atoms with E-state index in [1.165, 1.54) is 6.07 Å². The number of aliphatic hydroxyl groups is 2. The average molecular weight is 507 g/mol. The predicted molar refractivity (Wildman–Crippen MR) is 97.0 cm³/mol. The summed E-state index contributed by atoms with van der Waals surface area (Å²) in [6.07, 6.45) is -5.44. The summed E-state index contributed by atoms with van der Waals surface area (Å²) >= 11 is 0. The quantitative estimate of drug-likeness (QED) is 0.168. The first-order chi connectivity index (χ1) is 14.1. The molecule has 6 N–H and O–H groups in total. The lowest BCUT2D eigenvalue weighted by molar-refractivity contribution is -0.0541. The fraction of sp³-hybridized carbons (Fsp3) is 0.455. The molecule has 31 heavy (non-hydrogen) atoms. The summed E-state index contributed by atoms with van der Waals surface area (Å²) in [5.74, 6) is 2.11. The van der Waals surface area contributed by atoms with E-state index in [0.717, 1.165) is 10.8 Å². The van der Waals surface area contributed by atoms with Crippen molar-refractivity contribution in [3.63, 3.8) is 0 Å². The minimum Gasteiger partial charge on any atom is -0.387 e. The second-order valence-corrected chi connectivity index (χ2v) is 10.1. The van der Waals surface area contributed by atoms with Gasteiger partial charge >= 0.3 is 29.2 Å². The predicted octanol–water partition coefficient (Wildman–Crippen LogP) is -1.31. The Hall–Kier alpha value is -1.38. The lowest BCUT2D eigenvalue weighted by Crippen LogP contribution is -2.36. The topological polar surface area (TPSA) is 257 Å². The van der Waals surface area contributed by atoms with Crippen molar-refractivity contribution in [2.45, 2.75) is 24.5 Å². The van der Waals surface area contributed by atoms with Crippen LogP contribution in [0.4, 0.5) is 5.82 Å². The molecule has 0 aromatic carbocycles. The van der Waals surface area contributed by atoms with Gasteiger partial charge < -0.3 is 34.5 Å². The van der Waals surface area contributed by atoms with E-state index in [9.17, 15) is 33.6 Å². The number of ether oxygens (including phenoxy) is 1. The fourth-order valence-electron chi connectivity index (χ4n) is 2.31. The molecule has 20 heteroatoms. The first-order valence-electron chi connectivity index (χ1n) is 7.76. The molecule has 2 unspecified atom stereocenters. The summed E-state index contributed by atoms with van der Waals surface area (Å²) < 4.78 is 51.0. The van der Waals surface area contributed by atoms with Gasteiger partial charge in [-0.1, -0.05) is 0 Å². The van der Waals surface area contributed by atoms with E-state index in [0.29, 0.717) is 0 Å². The number of phosphoric ester groups is 1. The van der Waals surface area contributed by atoms with Gasteiger partial charge in [0.25, 0.3) is 0 Å². The molecule has 0 bridgehead atoms. The molecular formula is C11H16N3O14P3. The number of aliphatic imine (C=N–C) groups is 1. The molecule has 174 valence electrons. The molecule has 1 aliphatic heterocycles. The Morgan fingerprint density at radius 3 is 2.35 bits per heavy atom. The van der Waals surface area contributed by atoms with E-state index in [4.69, 9.17) is 19.4 Å². The molecule has 0 spiro atoms. The third-order valence-corrected chi connectivity index (χ3v) is 7.24. The van der Waals surface area contributed by atoms with E-state index in [-0.39, 0.29) is 5.82 Å². The van der Waals surface area contributed by atoms with Gasteiger partial charge in [-0.2, -0.15) is 18.6 Å². The molecule has 0 saturated carbocycles. The van der Waals surface area contributed by atoms with Gasteiger partial charge in [0.15, 0.2) is 12.0 Å². The van der Waals surface area contributed by atoms with Crippen LogP contribution in [0, 0.1) is 0 Å². The van der Waals surface area contributed by atoms with Gasteiger partial charge in [-0.05, 0) is 12.4 Å². The Morgan fingerprint density at radius 1 is 1.16 bits per heavy atom. The Kier molecular flexibility index (Phi) is 8.04. The summed E-state index contributed by atoms with van der Waals surface area (Å²) in [5.41, 5.74) is -0.943. The first kappa shape index (κ1) is 25.9. The van der Waals surface area contributed by atoms with Crippen molar-refractivity contribution in [2.75, 3.05) is 6.61 Å². The summed E-state index contributed by atoms with van der Waals surface area (Å²) in [5, 5.41) is 20.1. The molecule has 2 heterocycles. The Balaban J connectivity index is 2.08. The smallest absolute Gasteiger partial charge is 0.387 e. The maximum absolute atomic E-state index is 12.0. The van der Waals surface area contributed by atoms with Gasteiger partial charge in [-0.25, -0.2) is 18.5 Å². The minimum absolute atomic E-state index is 0.0477. The van der Waals surface area contributed by atoms with E-state index < -0.39 is 60.3 Å². The van der Waals surface area contributed by atoms with Crippen LogP contribution in [0.2, 0.25) is 0 Å². The van der Waals surface area contributed by atoms with Crippen molar-refractivity contribution in [3.8, 4) is 0 Å². The number of hydrogen-bond donors (Lipinski definition) is 6.